The van der Waals surface area contributed by atoms with Gasteiger partial charge in [0, 0.05) is 37.7 Å². The van der Waals surface area contributed by atoms with Crippen LogP contribution in [0.2, 0.25) is 0 Å². The van der Waals surface area contributed by atoms with E-state index in [4.69, 9.17) is 4.74 Å². The van der Waals surface area contributed by atoms with E-state index < -0.39 is 11.6 Å². The highest BCUT2D eigenvalue weighted by molar-refractivity contribution is 6.00. The number of hydrogen-bond acceptors (Lipinski definition) is 3. The molecule has 154 valence electrons. The maximum Gasteiger partial charge on any atom is 0.255 e. The van der Waals surface area contributed by atoms with Crippen LogP contribution < -0.4 is 10.1 Å². The Bertz CT molecular complexity index is 1020. The van der Waals surface area contributed by atoms with Gasteiger partial charge in [-0.3, -0.25) is 4.79 Å². The van der Waals surface area contributed by atoms with Crippen molar-refractivity contribution in [1.82, 2.24) is 4.90 Å². The summed E-state index contributed by atoms with van der Waals surface area (Å²) in [4.78, 5) is 14.9. The van der Waals surface area contributed by atoms with Crippen molar-refractivity contribution in [3.8, 4) is 5.75 Å². The van der Waals surface area contributed by atoms with Crippen molar-refractivity contribution in [3.63, 3.8) is 0 Å². The van der Waals surface area contributed by atoms with Crippen LogP contribution in [0.1, 0.15) is 23.2 Å². The lowest BCUT2D eigenvalue weighted by atomic mass is 10.0. The molecule has 0 aromatic heterocycles. The maximum absolute atomic E-state index is 13.8. The zero-order chi connectivity index (χ0) is 20.9. The SMILES string of the molecule is O=C(c1ccccc1Nc1ccccc1)N1CCC(Oc2ccc(F)cc2F)CC1. The number of amides is 1. The summed E-state index contributed by atoms with van der Waals surface area (Å²) < 4.78 is 32.6. The molecule has 1 N–H and O–H groups in total. The van der Waals surface area contributed by atoms with Gasteiger partial charge in [-0.05, 0) is 36.4 Å². The fourth-order valence-electron chi connectivity index (χ4n) is 3.55. The summed E-state index contributed by atoms with van der Waals surface area (Å²) >= 11 is 0. The lowest BCUT2D eigenvalue weighted by Crippen LogP contribution is -2.42. The van der Waals surface area contributed by atoms with E-state index in [0.29, 0.717) is 31.5 Å². The van der Waals surface area contributed by atoms with Crippen molar-refractivity contribution in [1.29, 1.82) is 0 Å². The molecule has 1 amide bonds. The normalized spacial score (nSPS) is 14.4. The first-order valence-corrected chi connectivity index (χ1v) is 9.92. The van der Waals surface area contributed by atoms with Gasteiger partial charge in [0.05, 0.1) is 11.3 Å². The minimum absolute atomic E-state index is 0.0404. The molecule has 0 saturated carbocycles. The van der Waals surface area contributed by atoms with Gasteiger partial charge in [-0.1, -0.05) is 30.3 Å². The van der Waals surface area contributed by atoms with Crippen LogP contribution in [-0.4, -0.2) is 30.0 Å². The van der Waals surface area contributed by atoms with Crippen LogP contribution in [0.4, 0.5) is 20.2 Å². The number of likely N-dealkylation sites (tertiary alicyclic amines) is 1. The zero-order valence-electron chi connectivity index (χ0n) is 16.4. The van der Waals surface area contributed by atoms with E-state index in [1.54, 1.807) is 4.90 Å². The Labute approximate surface area is 174 Å². The van der Waals surface area contributed by atoms with Crippen molar-refractivity contribution in [2.75, 3.05) is 18.4 Å². The van der Waals surface area contributed by atoms with Gasteiger partial charge < -0.3 is 15.0 Å². The minimum Gasteiger partial charge on any atom is -0.487 e. The van der Waals surface area contributed by atoms with E-state index in [1.807, 2.05) is 54.6 Å². The second-order valence-electron chi connectivity index (χ2n) is 7.22. The molecule has 3 aromatic carbocycles. The Kier molecular flexibility index (Phi) is 5.93. The minimum atomic E-state index is -0.714. The second kappa shape index (κ2) is 8.95. The number of halogens is 2. The lowest BCUT2D eigenvalue weighted by Gasteiger charge is -2.32. The molecule has 1 fully saturated rings. The zero-order valence-corrected chi connectivity index (χ0v) is 16.4. The van der Waals surface area contributed by atoms with Crippen molar-refractivity contribution >= 4 is 17.3 Å². The van der Waals surface area contributed by atoms with Crippen molar-refractivity contribution < 1.29 is 18.3 Å². The van der Waals surface area contributed by atoms with E-state index in [2.05, 4.69) is 5.32 Å². The molecule has 0 aliphatic carbocycles. The molecule has 4 nitrogen and oxygen atoms in total. The molecule has 1 heterocycles. The molecule has 1 saturated heterocycles. The Morgan fingerprint density at radius 2 is 1.63 bits per heavy atom. The van der Waals surface area contributed by atoms with E-state index in [1.165, 1.54) is 12.1 Å². The van der Waals surface area contributed by atoms with Crippen LogP contribution in [0.15, 0.2) is 72.8 Å². The number of carbonyl (C=O) groups excluding carboxylic acids is 1. The van der Waals surface area contributed by atoms with Gasteiger partial charge in [-0.2, -0.15) is 0 Å². The molecule has 30 heavy (non-hydrogen) atoms. The van der Waals surface area contributed by atoms with Crippen molar-refractivity contribution in [3.05, 3.63) is 90.0 Å². The quantitative estimate of drug-likeness (QED) is 0.615. The summed E-state index contributed by atoms with van der Waals surface area (Å²) in [5.74, 6) is -1.36. The van der Waals surface area contributed by atoms with Gasteiger partial charge >= 0.3 is 0 Å². The van der Waals surface area contributed by atoms with Crippen LogP contribution in [0.25, 0.3) is 0 Å². The number of nitrogens with one attached hydrogen (secondary N) is 1. The number of carbonyl (C=O) groups is 1. The fourth-order valence-corrected chi connectivity index (χ4v) is 3.55. The predicted molar refractivity (Wildman–Crippen MR) is 112 cm³/mol. The Morgan fingerprint density at radius 1 is 0.933 bits per heavy atom. The topological polar surface area (TPSA) is 41.6 Å². The number of rotatable bonds is 5. The van der Waals surface area contributed by atoms with Gasteiger partial charge in [-0.25, -0.2) is 8.78 Å². The predicted octanol–water partition coefficient (Wildman–Crippen LogP) is 5.39. The molecular formula is C24H22F2N2O2. The third-order valence-corrected chi connectivity index (χ3v) is 5.13. The lowest BCUT2D eigenvalue weighted by molar-refractivity contribution is 0.0589. The first-order valence-electron chi connectivity index (χ1n) is 9.92. The summed E-state index contributed by atoms with van der Waals surface area (Å²) in [5, 5.41) is 3.30. The van der Waals surface area contributed by atoms with Gasteiger partial charge in [-0.15, -0.1) is 0 Å². The van der Waals surface area contributed by atoms with E-state index in [9.17, 15) is 13.6 Å². The average molecular weight is 408 g/mol. The highest BCUT2D eigenvalue weighted by Gasteiger charge is 2.26. The second-order valence-corrected chi connectivity index (χ2v) is 7.22. The van der Waals surface area contributed by atoms with E-state index in [0.717, 1.165) is 17.4 Å². The van der Waals surface area contributed by atoms with Gasteiger partial charge in [0.2, 0.25) is 0 Å². The number of anilines is 2. The smallest absolute Gasteiger partial charge is 0.255 e. The Hall–Kier alpha value is -3.41. The molecule has 6 heteroatoms. The average Bonchev–Trinajstić information content (AvgIpc) is 2.77. The summed E-state index contributed by atoms with van der Waals surface area (Å²) in [7, 11) is 0. The van der Waals surface area contributed by atoms with Crippen LogP contribution >= 0.6 is 0 Å². The van der Waals surface area contributed by atoms with Crippen LogP contribution in [0.3, 0.4) is 0 Å². The Morgan fingerprint density at radius 3 is 2.37 bits per heavy atom. The largest absolute Gasteiger partial charge is 0.487 e. The van der Waals surface area contributed by atoms with E-state index >= 15 is 0 Å². The molecule has 0 bridgehead atoms. The number of nitrogens with zero attached hydrogens (tertiary/aromatic N) is 1. The van der Waals surface area contributed by atoms with Gasteiger partial charge in [0.1, 0.15) is 11.9 Å². The van der Waals surface area contributed by atoms with E-state index in [-0.39, 0.29) is 17.8 Å². The summed E-state index contributed by atoms with van der Waals surface area (Å²) in [6.07, 6.45) is 0.944. The van der Waals surface area contributed by atoms with Crippen LogP contribution in [0.5, 0.6) is 5.75 Å². The summed E-state index contributed by atoms with van der Waals surface area (Å²) in [6.45, 7) is 1.01. The highest BCUT2D eigenvalue weighted by Crippen LogP contribution is 2.26. The molecule has 0 unspecified atom stereocenters. The molecular weight excluding hydrogens is 386 g/mol. The van der Waals surface area contributed by atoms with Crippen molar-refractivity contribution in [2.24, 2.45) is 0 Å². The molecule has 0 radical (unpaired) electrons. The standard InChI is InChI=1S/C24H22F2N2O2/c25-17-10-11-23(21(26)16-17)30-19-12-14-28(15-13-19)24(29)20-8-4-5-9-22(20)27-18-6-2-1-3-7-18/h1-11,16,19,27H,12-15H2. The highest BCUT2D eigenvalue weighted by atomic mass is 19.1. The third-order valence-electron chi connectivity index (χ3n) is 5.13. The number of benzene rings is 3. The van der Waals surface area contributed by atoms with Gasteiger partial charge in [0.25, 0.3) is 5.91 Å². The van der Waals surface area contributed by atoms with Crippen molar-refractivity contribution in [2.45, 2.75) is 18.9 Å². The third kappa shape index (κ3) is 4.59. The summed E-state index contributed by atoms with van der Waals surface area (Å²) in [5.41, 5.74) is 2.26. The number of piperidine rings is 1. The molecule has 0 spiro atoms. The number of hydrogen-bond donors (Lipinski definition) is 1. The maximum atomic E-state index is 13.8. The number of ether oxygens (including phenoxy) is 1. The molecule has 3 aromatic rings. The molecule has 0 atom stereocenters. The fraction of sp³-hybridized carbons (Fsp3) is 0.208. The first kappa shape index (κ1) is 19.9. The summed E-state index contributed by atoms with van der Waals surface area (Å²) in [6, 6.07) is 20.4. The molecule has 1 aliphatic heterocycles. The molecule has 1 aliphatic rings. The van der Waals surface area contributed by atoms with Crippen LogP contribution in [-0.2, 0) is 0 Å². The monoisotopic (exact) mass is 408 g/mol. The first-order chi connectivity index (χ1) is 14.6. The van der Waals surface area contributed by atoms with Gasteiger partial charge in [0.15, 0.2) is 11.6 Å². The Balaban J connectivity index is 1.40. The molecule has 4 rings (SSSR count). The van der Waals surface area contributed by atoms with Crippen LogP contribution in [0, 0.1) is 11.6 Å². The number of para-hydroxylation sites is 2.